The van der Waals surface area contributed by atoms with Gasteiger partial charge in [0, 0.05) is 12.6 Å². The molecule has 0 spiro atoms. The van der Waals surface area contributed by atoms with Crippen LogP contribution in [0.1, 0.15) is 20.3 Å². The van der Waals surface area contributed by atoms with Gasteiger partial charge in [-0.25, -0.2) is 0 Å². The summed E-state index contributed by atoms with van der Waals surface area (Å²) in [4.78, 5) is 11.5. The molecule has 6 heteroatoms. The van der Waals surface area contributed by atoms with E-state index < -0.39 is 0 Å². The minimum absolute atomic E-state index is 0. The van der Waals surface area contributed by atoms with Gasteiger partial charge in [0.15, 0.2) is 6.61 Å². The van der Waals surface area contributed by atoms with Crippen molar-refractivity contribution < 1.29 is 14.3 Å². The Morgan fingerprint density at radius 3 is 2.30 bits per heavy atom. The fraction of sp³-hybridized carbons (Fsp3) is 0.500. The molecule has 0 radical (unpaired) electrons. The minimum atomic E-state index is -0.177. The van der Waals surface area contributed by atoms with Crippen molar-refractivity contribution in [2.45, 2.75) is 26.3 Å². The summed E-state index contributed by atoms with van der Waals surface area (Å²) in [6, 6.07) is 7.17. The first-order valence-corrected chi connectivity index (χ1v) is 6.50. The minimum Gasteiger partial charge on any atom is -0.494 e. The predicted octanol–water partition coefficient (Wildman–Crippen LogP) is 1.74. The summed E-state index contributed by atoms with van der Waals surface area (Å²) in [6.07, 6.45) is 0.970. The highest BCUT2D eigenvalue weighted by Gasteiger charge is 2.06. The Bertz CT molecular complexity index is 385. The molecule has 0 unspecified atom stereocenters. The number of halogens is 1. The van der Waals surface area contributed by atoms with Crippen molar-refractivity contribution in [3.8, 4) is 11.5 Å². The van der Waals surface area contributed by atoms with Crippen molar-refractivity contribution in [1.29, 1.82) is 0 Å². The maximum absolute atomic E-state index is 11.5. The van der Waals surface area contributed by atoms with Crippen molar-refractivity contribution >= 4 is 18.3 Å². The van der Waals surface area contributed by atoms with Gasteiger partial charge in [-0.2, -0.15) is 0 Å². The number of hydrogen-bond acceptors (Lipinski definition) is 4. The molecule has 0 saturated carbocycles. The number of carbonyl (C=O) groups is 1. The Morgan fingerprint density at radius 2 is 1.80 bits per heavy atom. The van der Waals surface area contributed by atoms with Crippen LogP contribution in [0.15, 0.2) is 24.3 Å². The van der Waals surface area contributed by atoms with E-state index >= 15 is 0 Å². The smallest absolute Gasteiger partial charge is 0.258 e. The molecule has 0 aliphatic rings. The topological polar surface area (TPSA) is 73.6 Å². The first kappa shape index (κ1) is 18.5. The Hall–Kier alpha value is -1.46. The highest BCUT2D eigenvalue weighted by Crippen LogP contribution is 2.17. The van der Waals surface area contributed by atoms with Gasteiger partial charge < -0.3 is 20.5 Å². The summed E-state index contributed by atoms with van der Waals surface area (Å²) in [5.41, 5.74) is 5.41. The van der Waals surface area contributed by atoms with Crippen LogP contribution in [0.2, 0.25) is 0 Å². The van der Waals surface area contributed by atoms with Crippen LogP contribution in [0.4, 0.5) is 0 Å². The lowest BCUT2D eigenvalue weighted by molar-refractivity contribution is -0.123. The molecule has 3 N–H and O–H groups in total. The molecule has 0 saturated heterocycles. The molecular formula is C14H23ClN2O3. The Kier molecular flexibility index (Phi) is 9.59. The number of carbonyl (C=O) groups excluding carboxylic acids is 1. The van der Waals surface area contributed by atoms with Crippen LogP contribution in [-0.4, -0.2) is 31.7 Å². The number of hydrogen-bond donors (Lipinski definition) is 2. The molecule has 0 fully saturated rings. The van der Waals surface area contributed by atoms with Gasteiger partial charge in [-0.05, 0) is 37.6 Å². The molecule has 0 heterocycles. The Morgan fingerprint density at radius 1 is 1.25 bits per heavy atom. The third-order valence-electron chi connectivity index (χ3n) is 2.43. The van der Waals surface area contributed by atoms with Gasteiger partial charge in [0.05, 0.1) is 6.61 Å². The van der Waals surface area contributed by atoms with Gasteiger partial charge in [-0.3, -0.25) is 4.79 Å². The quantitative estimate of drug-likeness (QED) is 0.767. The standard InChI is InChI=1S/C14H22N2O3.ClH/c1-3-8-18-12-4-6-13(7-5-12)19-10-14(17)16-11(2)9-15;/h4-7,11H,3,8-10,15H2,1-2H3,(H,16,17);1H/t11-;/m0./s1. The molecule has 1 amide bonds. The van der Waals surface area contributed by atoms with Gasteiger partial charge in [0.1, 0.15) is 11.5 Å². The largest absolute Gasteiger partial charge is 0.494 e. The average Bonchev–Trinajstić information content (AvgIpc) is 2.43. The maximum Gasteiger partial charge on any atom is 0.258 e. The summed E-state index contributed by atoms with van der Waals surface area (Å²) in [5.74, 6) is 1.26. The molecule has 114 valence electrons. The van der Waals surface area contributed by atoms with E-state index in [-0.39, 0.29) is 31.0 Å². The van der Waals surface area contributed by atoms with E-state index in [0.29, 0.717) is 18.9 Å². The number of benzene rings is 1. The second kappa shape index (κ2) is 10.3. The lowest BCUT2D eigenvalue weighted by Crippen LogP contribution is -2.40. The number of ether oxygens (including phenoxy) is 2. The Labute approximate surface area is 126 Å². The summed E-state index contributed by atoms with van der Waals surface area (Å²) >= 11 is 0. The summed E-state index contributed by atoms with van der Waals surface area (Å²) in [6.45, 7) is 4.99. The molecule has 0 aliphatic carbocycles. The van der Waals surface area contributed by atoms with Crippen LogP contribution in [0.25, 0.3) is 0 Å². The van der Waals surface area contributed by atoms with Crippen LogP contribution in [-0.2, 0) is 4.79 Å². The third-order valence-corrected chi connectivity index (χ3v) is 2.43. The lowest BCUT2D eigenvalue weighted by Gasteiger charge is -2.12. The van der Waals surface area contributed by atoms with E-state index in [1.807, 2.05) is 19.1 Å². The molecule has 0 bridgehead atoms. The molecule has 1 rings (SSSR count). The fourth-order valence-corrected chi connectivity index (χ4v) is 1.38. The fourth-order valence-electron chi connectivity index (χ4n) is 1.38. The molecule has 1 atom stereocenters. The zero-order chi connectivity index (χ0) is 14.1. The van der Waals surface area contributed by atoms with Gasteiger partial charge in [-0.15, -0.1) is 12.4 Å². The molecular weight excluding hydrogens is 280 g/mol. The van der Waals surface area contributed by atoms with Crippen molar-refractivity contribution in [1.82, 2.24) is 5.32 Å². The van der Waals surface area contributed by atoms with E-state index in [2.05, 4.69) is 12.2 Å². The van der Waals surface area contributed by atoms with Gasteiger partial charge in [0.2, 0.25) is 0 Å². The molecule has 0 aliphatic heterocycles. The molecule has 1 aromatic rings. The summed E-state index contributed by atoms with van der Waals surface area (Å²) < 4.78 is 10.8. The Balaban J connectivity index is 0.00000361. The molecule has 5 nitrogen and oxygen atoms in total. The van der Waals surface area contributed by atoms with Crippen LogP contribution in [0.5, 0.6) is 11.5 Å². The summed E-state index contributed by atoms with van der Waals surface area (Å²) in [7, 11) is 0. The molecule has 1 aromatic carbocycles. The lowest BCUT2D eigenvalue weighted by atomic mass is 10.3. The number of nitrogens with one attached hydrogen (secondary N) is 1. The first-order chi connectivity index (χ1) is 9.15. The van der Waals surface area contributed by atoms with E-state index in [0.717, 1.165) is 12.2 Å². The second-order valence-electron chi connectivity index (χ2n) is 4.31. The number of nitrogens with two attached hydrogens (primary N) is 1. The predicted molar refractivity (Wildman–Crippen MR) is 81.6 cm³/mol. The highest BCUT2D eigenvalue weighted by molar-refractivity contribution is 5.85. The van der Waals surface area contributed by atoms with Gasteiger partial charge in [-0.1, -0.05) is 6.92 Å². The third kappa shape index (κ3) is 7.21. The zero-order valence-corrected chi connectivity index (χ0v) is 12.7. The SMILES string of the molecule is CCCOc1ccc(OCC(=O)N[C@@H](C)CN)cc1.Cl. The molecule has 0 aromatic heterocycles. The van der Waals surface area contributed by atoms with Gasteiger partial charge in [0.25, 0.3) is 5.91 Å². The van der Waals surface area contributed by atoms with Crippen LogP contribution in [0, 0.1) is 0 Å². The van der Waals surface area contributed by atoms with E-state index in [1.165, 1.54) is 0 Å². The highest BCUT2D eigenvalue weighted by atomic mass is 35.5. The number of amides is 1. The second-order valence-corrected chi connectivity index (χ2v) is 4.31. The summed E-state index contributed by atoms with van der Waals surface area (Å²) in [5, 5.41) is 2.73. The normalized spacial score (nSPS) is 11.2. The maximum atomic E-state index is 11.5. The van der Waals surface area contributed by atoms with Gasteiger partial charge >= 0.3 is 0 Å². The number of rotatable bonds is 8. The van der Waals surface area contributed by atoms with Crippen molar-refractivity contribution in [2.24, 2.45) is 5.73 Å². The van der Waals surface area contributed by atoms with Crippen LogP contribution < -0.4 is 20.5 Å². The van der Waals surface area contributed by atoms with Crippen LogP contribution >= 0.6 is 12.4 Å². The van der Waals surface area contributed by atoms with Crippen molar-refractivity contribution in [2.75, 3.05) is 19.8 Å². The van der Waals surface area contributed by atoms with Crippen LogP contribution in [0.3, 0.4) is 0 Å². The average molecular weight is 303 g/mol. The first-order valence-electron chi connectivity index (χ1n) is 6.50. The van der Waals surface area contributed by atoms with E-state index in [4.69, 9.17) is 15.2 Å². The molecule has 20 heavy (non-hydrogen) atoms. The van der Waals surface area contributed by atoms with Crippen molar-refractivity contribution in [3.63, 3.8) is 0 Å². The van der Waals surface area contributed by atoms with E-state index in [9.17, 15) is 4.79 Å². The zero-order valence-electron chi connectivity index (χ0n) is 11.9. The monoisotopic (exact) mass is 302 g/mol. The van der Waals surface area contributed by atoms with Crippen molar-refractivity contribution in [3.05, 3.63) is 24.3 Å². The van der Waals surface area contributed by atoms with E-state index in [1.54, 1.807) is 12.1 Å².